The highest BCUT2D eigenvalue weighted by Crippen LogP contribution is 2.39. The summed E-state index contributed by atoms with van der Waals surface area (Å²) >= 11 is 0. The molecule has 1 aromatic carbocycles. The van der Waals surface area contributed by atoms with E-state index in [0.717, 1.165) is 24.1 Å². The average Bonchev–Trinajstić information content (AvgIpc) is 3.21. The molecule has 1 aliphatic carbocycles. The Labute approximate surface area is 105 Å². The number of H-pyrrole nitrogens is 1. The summed E-state index contributed by atoms with van der Waals surface area (Å²) < 4.78 is 10.5. The number of pyridine rings is 1. The van der Waals surface area contributed by atoms with E-state index in [1.54, 1.807) is 26.4 Å². The topological polar surface area (TPSA) is 51.3 Å². The summed E-state index contributed by atoms with van der Waals surface area (Å²) in [5, 5.41) is 0.636. The van der Waals surface area contributed by atoms with Crippen LogP contribution in [0.5, 0.6) is 11.5 Å². The van der Waals surface area contributed by atoms with Gasteiger partial charge in [-0.25, -0.2) is 0 Å². The second kappa shape index (κ2) is 4.05. The van der Waals surface area contributed by atoms with Crippen LogP contribution in [0.1, 0.15) is 24.5 Å². The van der Waals surface area contributed by atoms with E-state index in [1.807, 2.05) is 6.07 Å². The van der Waals surface area contributed by atoms with Gasteiger partial charge in [0.15, 0.2) is 16.9 Å². The lowest BCUT2D eigenvalue weighted by molar-refractivity contribution is 0.355. The van der Waals surface area contributed by atoms with Gasteiger partial charge in [-0.1, -0.05) is 0 Å². The summed E-state index contributed by atoms with van der Waals surface area (Å²) in [6.45, 7) is 0. The van der Waals surface area contributed by atoms with E-state index in [9.17, 15) is 4.79 Å². The Hall–Kier alpha value is -1.97. The first-order chi connectivity index (χ1) is 8.72. The van der Waals surface area contributed by atoms with Gasteiger partial charge in [-0.05, 0) is 24.8 Å². The zero-order valence-corrected chi connectivity index (χ0v) is 10.4. The largest absolute Gasteiger partial charge is 0.493 e. The standard InChI is InChI=1S/C14H15NO3/c1-17-13-5-9-11(7-14(13)18-2)15-10(6-12(9)16)8-3-4-8/h5-8H,3-4H2,1-2H3,(H,15,16). The van der Waals surface area contributed by atoms with Crippen LogP contribution in [0.25, 0.3) is 10.9 Å². The van der Waals surface area contributed by atoms with Crippen LogP contribution in [-0.2, 0) is 0 Å². The number of aromatic amines is 1. The number of fused-ring (bicyclic) bond motifs is 1. The Morgan fingerprint density at radius 2 is 1.78 bits per heavy atom. The molecule has 94 valence electrons. The van der Waals surface area contributed by atoms with Gasteiger partial charge in [-0.2, -0.15) is 0 Å². The van der Waals surface area contributed by atoms with Gasteiger partial charge in [0.05, 0.1) is 19.7 Å². The van der Waals surface area contributed by atoms with E-state index in [2.05, 4.69) is 4.98 Å². The lowest BCUT2D eigenvalue weighted by atomic mass is 10.1. The summed E-state index contributed by atoms with van der Waals surface area (Å²) in [6.07, 6.45) is 2.32. The van der Waals surface area contributed by atoms with Gasteiger partial charge in [0.25, 0.3) is 0 Å². The minimum atomic E-state index is 0.0339. The summed E-state index contributed by atoms with van der Waals surface area (Å²) in [5.74, 6) is 1.73. The third-order valence-electron chi connectivity index (χ3n) is 3.37. The minimum Gasteiger partial charge on any atom is -0.493 e. The Balaban J connectivity index is 2.26. The average molecular weight is 245 g/mol. The molecule has 1 aliphatic rings. The predicted molar refractivity (Wildman–Crippen MR) is 69.6 cm³/mol. The number of rotatable bonds is 3. The molecule has 1 aromatic heterocycles. The highest BCUT2D eigenvalue weighted by Gasteiger charge is 2.25. The van der Waals surface area contributed by atoms with Crippen molar-refractivity contribution in [1.29, 1.82) is 0 Å². The predicted octanol–water partition coefficient (Wildman–Crippen LogP) is 2.42. The third kappa shape index (κ3) is 1.74. The Bertz CT molecular complexity index is 656. The monoisotopic (exact) mass is 245 g/mol. The second-order valence-corrected chi connectivity index (χ2v) is 4.62. The molecule has 0 aliphatic heterocycles. The molecule has 0 atom stereocenters. The zero-order valence-electron chi connectivity index (χ0n) is 10.4. The van der Waals surface area contributed by atoms with Gasteiger partial charge in [-0.15, -0.1) is 0 Å². The van der Waals surface area contributed by atoms with Crippen LogP contribution in [0, 0.1) is 0 Å². The van der Waals surface area contributed by atoms with Gasteiger partial charge in [0.1, 0.15) is 0 Å². The smallest absolute Gasteiger partial charge is 0.189 e. The molecular formula is C14H15NO3. The van der Waals surface area contributed by atoms with Crippen molar-refractivity contribution in [2.45, 2.75) is 18.8 Å². The number of nitrogens with one attached hydrogen (secondary N) is 1. The fourth-order valence-corrected chi connectivity index (χ4v) is 2.21. The van der Waals surface area contributed by atoms with Gasteiger partial charge < -0.3 is 14.5 Å². The second-order valence-electron chi connectivity index (χ2n) is 4.62. The maximum absolute atomic E-state index is 12.1. The first-order valence-corrected chi connectivity index (χ1v) is 6.02. The Morgan fingerprint density at radius 3 is 2.39 bits per heavy atom. The van der Waals surface area contributed by atoms with Crippen molar-refractivity contribution in [3.05, 3.63) is 34.1 Å². The number of ether oxygens (including phenoxy) is 2. The Kier molecular flexibility index (Phi) is 2.51. The van der Waals surface area contributed by atoms with Crippen molar-refractivity contribution in [3.63, 3.8) is 0 Å². The first kappa shape index (κ1) is 11.1. The molecule has 1 N–H and O–H groups in total. The molecule has 0 saturated heterocycles. The zero-order chi connectivity index (χ0) is 12.7. The number of methoxy groups -OCH3 is 2. The number of benzene rings is 1. The number of hydrogen-bond donors (Lipinski definition) is 1. The van der Waals surface area contributed by atoms with E-state index in [0.29, 0.717) is 22.8 Å². The van der Waals surface area contributed by atoms with E-state index in [1.165, 1.54) is 0 Å². The van der Waals surface area contributed by atoms with Crippen molar-refractivity contribution in [2.75, 3.05) is 14.2 Å². The molecular weight excluding hydrogens is 230 g/mol. The van der Waals surface area contributed by atoms with Crippen molar-refractivity contribution >= 4 is 10.9 Å². The van der Waals surface area contributed by atoms with Crippen molar-refractivity contribution < 1.29 is 9.47 Å². The maximum atomic E-state index is 12.1. The molecule has 1 saturated carbocycles. The van der Waals surface area contributed by atoms with Crippen LogP contribution in [0.15, 0.2) is 23.0 Å². The van der Waals surface area contributed by atoms with Crippen LogP contribution in [0.2, 0.25) is 0 Å². The highest BCUT2D eigenvalue weighted by atomic mass is 16.5. The fraction of sp³-hybridized carbons (Fsp3) is 0.357. The van der Waals surface area contributed by atoms with E-state index in [4.69, 9.17) is 9.47 Å². The summed E-state index contributed by atoms with van der Waals surface area (Å²) in [7, 11) is 3.16. The summed E-state index contributed by atoms with van der Waals surface area (Å²) in [6, 6.07) is 5.25. The molecule has 0 spiro atoms. The molecule has 2 aromatic rings. The van der Waals surface area contributed by atoms with E-state index < -0.39 is 0 Å². The quantitative estimate of drug-likeness (QED) is 0.903. The fourth-order valence-electron chi connectivity index (χ4n) is 2.21. The van der Waals surface area contributed by atoms with Crippen molar-refractivity contribution in [3.8, 4) is 11.5 Å². The Morgan fingerprint density at radius 1 is 1.11 bits per heavy atom. The van der Waals surface area contributed by atoms with Crippen LogP contribution < -0.4 is 14.9 Å². The van der Waals surface area contributed by atoms with Crippen LogP contribution >= 0.6 is 0 Å². The summed E-state index contributed by atoms with van der Waals surface area (Å²) in [5.41, 5.74) is 1.87. The van der Waals surface area contributed by atoms with E-state index in [-0.39, 0.29) is 5.43 Å². The number of aromatic nitrogens is 1. The molecule has 0 amide bonds. The molecule has 0 unspecified atom stereocenters. The SMILES string of the molecule is COc1cc2[nH]c(C3CC3)cc(=O)c2cc1OC. The highest BCUT2D eigenvalue weighted by molar-refractivity contribution is 5.82. The molecule has 4 heteroatoms. The van der Waals surface area contributed by atoms with Crippen molar-refractivity contribution in [2.24, 2.45) is 0 Å². The number of hydrogen-bond acceptors (Lipinski definition) is 3. The molecule has 3 rings (SSSR count). The molecule has 1 heterocycles. The van der Waals surface area contributed by atoms with Crippen LogP contribution in [-0.4, -0.2) is 19.2 Å². The lowest BCUT2D eigenvalue weighted by Gasteiger charge is -2.09. The molecule has 0 bridgehead atoms. The van der Waals surface area contributed by atoms with Crippen molar-refractivity contribution in [1.82, 2.24) is 4.98 Å². The molecule has 1 fully saturated rings. The first-order valence-electron chi connectivity index (χ1n) is 6.02. The third-order valence-corrected chi connectivity index (χ3v) is 3.37. The normalized spacial score (nSPS) is 14.8. The minimum absolute atomic E-state index is 0.0339. The molecule has 4 nitrogen and oxygen atoms in total. The van der Waals surface area contributed by atoms with E-state index >= 15 is 0 Å². The lowest BCUT2D eigenvalue weighted by Crippen LogP contribution is -2.05. The van der Waals surface area contributed by atoms with Crippen LogP contribution in [0.4, 0.5) is 0 Å². The maximum Gasteiger partial charge on any atom is 0.189 e. The van der Waals surface area contributed by atoms with Gasteiger partial charge in [-0.3, -0.25) is 4.79 Å². The molecule has 18 heavy (non-hydrogen) atoms. The van der Waals surface area contributed by atoms with Gasteiger partial charge in [0.2, 0.25) is 0 Å². The molecule has 0 radical (unpaired) electrons. The van der Waals surface area contributed by atoms with Gasteiger partial charge in [0, 0.05) is 23.2 Å². The van der Waals surface area contributed by atoms with Gasteiger partial charge >= 0.3 is 0 Å². The van der Waals surface area contributed by atoms with Crippen LogP contribution in [0.3, 0.4) is 0 Å². The summed E-state index contributed by atoms with van der Waals surface area (Å²) in [4.78, 5) is 15.4.